The van der Waals surface area contributed by atoms with Crippen molar-refractivity contribution in [2.75, 3.05) is 13.6 Å². The highest BCUT2D eigenvalue weighted by atomic mass is 19.1. The first-order chi connectivity index (χ1) is 14.5. The molecule has 1 heterocycles. The topological polar surface area (TPSA) is 66.6 Å². The summed E-state index contributed by atoms with van der Waals surface area (Å²) >= 11 is 0. The van der Waals surface area contributed by atoms with Crippen molar-refractivity contribution in [2.24, 2.45) is 0 Å². The predicted molar refractivity (Wildman–Crippen MR) is 112 cm³/mol. The average Bonchev–Trinajstić information content (AvgIpc) is 3.21. The lowest BCUT2D eigenvalue weighted by molar-refractivity contribution is 0.0761. The third-order valence-corrected chi connectivity index (χ3v) is 4.98. The predicted octanol–water partition coefficient (Wildman–Crippen LogP) is 4.83. The Kier molecular flexibility index (Phi) is 5.59. The van der Waals surface area contributed by atoms with E-state index in [9.17, 15) is 14.3 Å². The number of oxazole rings is 1. The van der Waals surface area contributed by atoms with Gasteiger partial charge in [-0.25, -0.2) is 9.37 Å². The molecule has 1 atom stereocenters. The molecule has 0 unspecified atom stereocenters. The van der Waals surface area contributed by atoms with Crippen LogP contribution in [0.2, 0.25) is 0 Å². The first-order valence-electron chi connectivity index (χ1n) is 9.66. The van der Waals surface area contributed by atoms with Crippen molar-refractivity contribution < 1.29 is 18.7 Å². The summed E-state index contributed by atoms with van der Waals surface area (Å²) in [6.45, 7) is 0.403. The van der Waals surface area contributed by atoms with E-state index in [1.165, 1.54) is 12.1 Å². The fourth-order valence-corrected chi connectivity index (χ4v) is 3.29. The minimum atomic E-state index is -0.631. The number of aromatic nitrogens is 1. The van der Waals surface area contributed by atoms with Gasteiger partial charge in [0.2, 0.25) is 5.89 Å². The lowest BCUT2D eigenvalue weighted by Crippen LogP contribution is -2.28. The van der Waals surface area contributed by atoms with E-state index < -0.39 is 6.10 Å². The third kappa shape index (κ3) is 4.23. The van der Waals surface area contributed by atoms with Crippen LogP contribution in [0.15, 0.2) is 77.2 Å². The van der Waals surface area contributed by atoms with Crippen molar-refractivity contribution >= 4 is 17.0 Å². The fourth-order valence-electron chi connectivity index (χ4n) is 3.29. The number of fused-ring (bicyclic) bond motifs is 1. The van der Waals surface area contributed by atoms with Gasteiger partial charge >= 0.3 is 0 Å². The van der Waals surface area contributed by atoms with Gasteiger partial charge in [0.1, 0.15) is 11.3 Å². The standard InChI is InChI=1S/C24H21FN2O3/c1-27(13-12-21(28)16-6-3-2-4-7-16)24(29)18-10-11-22-20(15-18)26-23(30-22)17-8-5-9-19(25)14-17/h2-11,14-15,21,28H,12-13H2,1H3/t21-/m1/s1. The summed E-state index contributed by atoms with van der Waals surface area (Å²) in [4.78, 5) is 18.8. The van der Waals surface area contributed by atoms with Crippen LogP contribution in [-0.2, 0) is 0 Å². The minimum Gasteiger partial charge on any atom is -0.436 e. The van der Waals surface area contributed by atoms with Crippen molar-refractivity contribution in [3.63, 3.8) is 0 Å². The Bertz CT molecular complexity index is 1170. The molecule has 152 valence electrons. The van der Waals surface area contributed by atoms with Crippen LogP contribution < -0.4 is 0 Å². The van der Waals surface area contributed by atoms with Gasteiger partial charge in [-0.05, 0) is 48.4 Å². The van der Waals surface area contributed by atoms with Gasteiger partial charge in [-0.1, -0.05) is 36.4 Å². The zero-order chi connectivity index (χ0) is 21.1. The summed E-state index contributed by atoms with van der Waals surface area (Å²) in [5, 5.41) is 10.3. The highest BCUT2D eigenvalue weighted by Crippen LogP contribution is 2.26. The Morgan fingerprint density at radius 2 is 1.90 bits per heavy atom. The molecule has 0 aliphatic rings. The zero-order valence-electron chi connectivity index (χ0n) is 16.5. The third-order valence-electron chi connectivity index (χ3n) is 4.98. The second-order valence-electron chi connectivity index (χ2n) is 7.15. The average molecular weight is 404 g/mol. The number of rotatable bonds is 6. The lowest BCUT2D eigenvalue weighted by atomic mass is 10.1. The summed E-state index contributed by atoms with van der Waals surface area (Å²) in [5.74, 6) is -0.245. The molecule has 1 aromatic heterocycles. The molecular weight excluding hydrogens is 383 g/mol. The van der Waals surface area contributed by atoms with Crippen LogP contribution >= 0.6 is 0 Å². The number of benzene rings is 3. The molecule has 0 radical (unpaired) electrons. The van der Waals surface area contributed by atoms with E-state index in [0.29, 0.717) is 41.1 Å². The van der Waals surface area contributed by atoms with E-state index in [4.69, 9.17) is 4.42 Å². The number of carbonyl (C=O) groups is 1. The van der Waals surface area contributed by atoms with Crippen molar-refractivity contribution in [3.05, 3.63) is 89.7 Å². The van der Waals surface area contributed by atoms with Gasteiger partial charge in [0, 0.05) is 24.7 Å². The number of aliphatic hydroxyl groups excluding tert-OH is 1. The number of halogens is 1. The van der Waals surface area contributed by atoms with Crippen molar-refractivity contribution in [1.82, 2.24) is 9.88 Å². The molecule has 0 saturated heterocycles. The maximum atomic E-state index is 13.5. The van der Waals surface area contributed by atoms with Gasteiger partial charge < -0.3 is 14.4 Å². The van der Waals surface area contributed by atoms with Gasteiger partial charge in [0.05, 0.1) is 6.10 Å². The number of amides is 1. The van der Waals surface area contributed by atoms with Crippen LogP contribution in [-0.4, -0.2) is 34.5 Å². The molecule has 4 rings (SSSR count). The van der Waals surface area contributed by atoms with E-state index >= 15 is 0 Å². The summed E-state index contributed by atoms with van der Waals surface area (Å²) < 4.78 is 19.2. The molecule has 0 bridgehead atoms. The SMILES string of the molecule is CN(CC[C@@H](O)c1ccccc1)C(=O)c1ccc2oc(-c3cccc(F)c3)nc2c1. The molecule has 5 nitrogen and oxygen atoms in total. The van der Waals surface area contributed by atoms with Crippen molar-refractivity contribution in [1.29, 1.82) is 0 Å². The second kappa shape index (κ2) is 8.47. The molecule has 0 aliphatic heterocycles. The van der Waals surface area contributed by atoms with E-state index in [-0.39, 0.29) is 11.7 Å². The Morgan fingerprint density at radius 3 is 2.67 bits per heavy atom. The maximum absolute atomic E-state index is 13.5. The molecule has 1 N–H and O–H groups in total. The Labute approximate surface area is 173 Å². The Hall–Kier alpha value is -3.51. The van der Waals surface area contributed by atoms with Gasteiger partial charge in [-0.2, -0.15) is 0 Å². The first-order valence-corrected chi connectivity index (χ1v) is 9.66. The number of aliphatic hydroxyl groups is 1. The molecule has 4 aromatic rings. The van der Waals surface area contributed by atoms with E-state index in [1.807, 2.05) is 30.3 Å². The molecule has 0 saturated carbocycles. The second-order valence-corrected chi connectivity index (χ2v) is 7.15. The van der Waals surface area contributed by atoms with Crippen LogP contribution in [0.1, 0.15) is 28.4 Å². The quantitative estimate of drug-likeness (QED) is 0.500. The molecule has 0 fully saturated rings. The maximum Gasteiger partial charge on any atom is 0.253 e. The highest BCUT2D eigenvalue weighted by Gasteiger charge is 2.17. The first kappa shape index (κ1) is 19.8. The smallest absolute Gasteiger partial charge is 0.253 e. The number of carbonyl (C=O) groups excluding carboxylic acids is 1. The Balaban J connectivity index is 1.47. The van der Waals surface area contributed by atoms with Gasteiger partial charge in [-0.3, -0.25) is 4.79 Å². The molecule has 30 heavy (non-hydrogen) atoms. The number of nitrogens with zero attached hydrogens (tertiary/aromatic N) is 2. The van der Waals surface area contributed by atoms with Crippen LogP contribution in [0, 0.1) is 5.82 Å². The Morgan fingerprint density at radius 1 is 1.10 bits per heavy atom. The molecule has 6 heteroatoms. The summed E-state index contributed by atoms with van der Waals surface area (Å²) in [6.07, 6.45) is -0.198. The number of hydrogen-bond donors (Lipinski definition) is 1. The number of hydrogen-bond acceptors (Lipinski definition) is 4. The van der Waals surface area contributed by atoms with Crippen molar-refractivity contribution in [3.8, 4) is 11.5 Å². The molecule has 3 aromatic carbocycles. The van der Waals surface area contributed by atoms with Gasteiger partial charge in [0.15, 0.2) is 5.58 Å². The minimum absolute atomic E-state index is 0.174. The summed E-state index contributed by atoms with van der Waals surface area (Å²) in [6, 6.07) is 20.4. The van der Waals surface area contributed by atoms with Gasteiger partial charge in [-0.15, -0.1) is 0 Å². The van der Waals surface area contributed by atoms with Gasteiger partial charge in [0.25, 0.3) is 5.91 Å². The zero-order valence-corrected chi connectivity index (χ0v) is 16.5. The fraction of sp³-hybridized carbons (Fsp3) is 0.167. The monoisotopic (exact) mass is 404 g/mol. The summed E-state index contributed by atoms with van der Waals surface area (Å²) in [7, 11) is 1.70. The lowest BCUT2D eigenvalue weighted by Gasteiger charge is -2.19. The summed E-state index contributed by atoms with van der Waals surface area (Å²) in [5.41, 5.74) is 2.88. The largest absolute Gasteiger partial charge is 0.436 e. The molecule has 0 aliphatic carbocycles. The highest BCUT2D eigenvalue weighted by molar-refractivity contribution is 5.97. The van der Waals surface area contributed by atoms with E-state index in [2.05, 4.69) is 4.98 Å². The van der Waals surface area contributed by atoms with Crippen LogP contribution in [0.5, 0.6) is 0 Å². The molecule has 1 amide bonds. The van der Waals surface area contributed by atoms with Crippen LogP contribution in [0.25, 0.3) is 22.6 Å². The van der Waals surface area contributed by atoms with Crippen LogP contribution in [0.4, 0.5) is 4.39 Å². The van der Waals surface area contributed by atoms with E-state index in [1.54, 1.807) is 42.3 Å². The molecular formula is C24H21FN2O3. The molecule has 0 spiro atoms. The van der Waals surface area contributed by atoms with Crippen molar-refractivity contribution in [2.45, 2.75) is 12.5 Å². The normalized spacial score (nSPS) is 12.1. The van der Waals surface area contributed by atoms with Crippen LogP contribution in [0.3, 0.4) is 0 Å². The van der Waals surface area contributed by atoms with E-state index in [0.717, 1.165) is 5.56 Å².